The van der Waals surface area contributed by atoms with Gasteiger partial charge in [-0.25, -0.2) is 4.79 Å². The summed E-state index contributed by atoms with van der Waals surface area (Å²) in [5.74, 6) is 0. The Labute approximate surface area is 107 Å². The van der Waals surface area contributed by atoms with Gasteiger partial charge in [0, 0.05) is 5.02 Å². The molecule has 2 rings (SSSR count). The molecule has 1 fully saturated rings. The van der Waals surface area contributed by atoms with Gasteiger partial charge in [0.25, 0.3) is 0 Å². The summed E-state index contributed by atoms with van der Waals surface area (Å²) >= 11 is 6.19. The number of isocyanates is 1. The molecular formula is C14H16ClNO. The Hall–Kier alpha value is -1.11. The molecule has 0 saturated heterocycles. The number of aryl methyl sites for hydroxylation is 1. The summed E-state index contributed by atoms with van der Waals surface area (Å²) in [6, 6.07) is 3.91. The van der Waals surface area contributed by atoms with Gasteiger partial charge < -0.3 is 0 Å². The highest BCUT2D eigenvalue weighted by Gasteiger charge is 2.38. The second-order valence-corrected chi connectivity index (χ2v) is 5.21. The van der Waals surface area contributed by atoms with Crippen molar-refractivity contribution in [3.05, 3.63) is 33.8 Å². The summed E-state index contributed by atoms with van der Waals surface area (Å²) in [6.45, 7) is 4.06. The van der Waals surface area contributed by atoms with Crippen LogP contribution in [0.4, 0.5) is 0 Å². The topological polar surface area (TPSA) is 29.4 Å². The second kappa shape index (κ2) is 4.64. The fraction of sp³-hybridized carbons (Fsp3) is 0.500. The maximum absolute atomic E-state index is 10.7. The smallest absolute Gasteiger partial charge is 0.211 e. The van der Waals surface area contributed by atoms with E-state index >= 15 is 0 Å². The SMILES string of the molecule is Cc1ccc(Cl)c(C)c1C1(N=C=O)CCCC1. The minimum absolute atomic E-state index is 0.374. The summed E-state index contributed by atoms with van der Waals surface area (Å²) in [7, 11) is 0. The number of hydrogen-bond acceptors (Lipinski definition) is 2. The van der Waals surface area contributed by atoms with Crippen molar-refractivity contribution in [3.63, 3.8) is 0 Å². The molecule has 0 aromatic heterocycles. The molecule has 2 nitrogen and oxygen atoms in total. The van der Waals surface area contributed by atoms with Gasteiger partial charge in [-0.1, -0.05) is 30.5 Å². The van der Waals surface area contributed by atoms with E-state index < -0.39 is 0 Å². The minimum atomic E-state index is -0.374. The van der Waals surface area contributed by atoms with Crippen LogP contribution in [0, 0.1) is 13.8 Å². The number of nitrogens with zero attached hydrogens (tertiary/aromatic N) is 1. The first-order valence-corrected chi connectivity index (χ1v) is 6.34. The lowest BCUT2D eigenvalue weighted by molar-refractivity contribution is 0.451. The van der Waals surface area contributed by atoms with Crippen molar-refractivity contribution in [1.82, 2.24) is 0 Å². The number of halogens is 1. The molecule has 0 radical (unpaired) electrons. The molecular weight excluding hydrogens is 234 g/mol. The molecule has 90 valence electrons. The third-order valence-corrected chi connectivity index (χ3v) is 4.17. The van der Waals surface area contributed by atoms with E-state index in [9.17, 15) is 4.79 Å². The molecule has 0 heterocycles. The first kappa shape index (κ1) is 12.3. The van der Waals surface area contributed by atoms with E-state index in [0.29, 0.717) is 0 Å². The Morgan fingerprint density at radius 1 is 1.29 bits per heavy atom. The fourth-order valence-corrected chi connectivity index (χ4v) is 3.16. The third-order valence-electron chi connectivity index (χ3n) is 3.76. The van der Waals surface area contributed by atoms with Gasteiger partial charge >= 0.3 is 0 Å². The van der Waals surface area contributed by atoms with Crippen LogP contribution in [0.15, 0.2) is 17.1 Å². The van der Waals surface area contributed by atoms with E-state index in [0.717, 1.165) is 47.4 Å². The van der Waals surface area contributed by atoms with Gasteiger partial charge in [0.2, 0.25) is 6.08 Å². The zero-order valence-electron chi connectivity index (χ0n) is 10.2. The first-order chi connectivity index (χ1) is 8.10. The molecule has 0 atom stereocenters. The van der Waals surface area contributed by atoms with Crippen LogP contribution in [0.2, 0.25) is 5.02 Å². The van der Waals surface area contributed by atoms with Gasteiger partial charge in [-0.3, -0.25) is 0 Å². The summed E-state index contributed by atoms with van der Waals surface area (Å²) in [4.78, 5) is 14.8. The number of benzene rings is 1. The van der Waals surface area contributed by atoms with Crippen molar-refractivity contribution in [2.24, 2.45) is 4.99 Å². The van der Waals surface area contributed by atoms with E-state index in [1.54, 1.807) is 6.08 Å². The van der Waals surface area contributed by atoms with Crippen molar-refractivity contribution in [2.45, 2.75) is 45.1 Å². The zero-order valence-corrected chi connectivity index (χ0v) is 11.0. The van der Waals surface area contributed by atoms with Crippen LogP contribution in [0.1, 0.15) is 42.4 Å². The normalized spacial score (nSPS) is 17.8. The van der Waals surface area contributed by atoms with E-state index in [2.05, 4.69) is 11.9 Å². The van der Waals surface area contributed by atoms with Gasteiger partial charge in [-0.2, -0.15) is 4.99 Å². The van der Waals surface area contributed by atoms with Crippen LogP contribution in [-0.2, 0) is 10.3 Å². The fourth-order valence-electron chi connectivity index (χ4n) is 3.00. The Kier molecular flexibility index (Phi) is 3.37. The minimum Gasteiger partial charge on any atom is -0.211 e. The van der Waals surface area contributed by atoms with Crippen molar-refractivity contribution in [1.29, 1.82) is 0 Å². The lowest BCUT2D eigenvalue weighted by Gasteiger charge is -2.27. The second-order valence-electron chi connectivity index (χ2n) is 4.81. The van der Waals surface area contributed by atoms with Crippen LogP contribution in [0.5, 0.6) is 0 Å². The van der Waals surface area contributed by atoms with Crippen LogP contribution in [-0.4, -0.2) is 6.08 Å². The van der Waals surface area contributed by atoms with Gasteiger partial charge in [0.05, 0.1) is 5.54 Å². The predicted molar refractivity (Wildman–Crippen MR) is 69.2 cm³/mol. The van der Waals surface area contributed by atoms with Gasteiger partial charge in [-0.15, -0.1) is 0 Å². The molecule has 1 aliphatic rings. The summed E-state index contributed by atoms with van der Waals surface area (Å²) in [5, 5.41) is 0.748. The molecule has 3 heteroatoms. The highest BCUT2D eigenvalue weighted by Crippen LogP contribution is 2.45. The van der Waals surface area contributed by atoms with Gasteiger partial charge in [0.1, 0.15) is 0 Å². The van der Waals surface area contributed by atoms with Gasteiger partial charge in [-0.05, 0) is 49.4 Å². The predicted octanol–water partition coefficient (Wildman–Crippen LogP) is 4.06. The largest absolute Gasteiger partial charge is 0.235 e. The highest BCUT2D eigenvalue weighted by atomic mass is 35.5. The average Bonchev–Trinajstić information content (AvgIpc) is 2.74. The summed E-state index contributed by atoms with van der Waals surface area (Å²) in [5.41, 5.74) is 2.96. The molecule has 0 amide bonds. The standard InChI is InChI=1S/C14H16ClNO/c1-10-5-6-12(15)11(2)13(10)14(16-9-17)7-3-4-8-14/h5-6H,3-4,7-8H2,1-2H3. The maximum Gasteiger partial charge on any atom is 0.235 e. The Bertz CT molecular complexity index is 483. The molecule has 0 bridgehead atoms. The summed E-state index contributed by atoms with van der Waals surface area (Å²) in [6.07, 6.45) is 5.81. The Morgan fingerprint density at radius 3 is 2.53 bits per heavy atom. The number of hydrogen-bond donors (Lipinski definition) is 0. The number of rotatable bonds is 2. The van der Waals surface area contributed by atoms with Crippen molar-refractivity contribution < 1.29 is 4.79 Å². The number of carbonyl (C=O) groups excluding carboxylic acids is 1. The first-order valence-electron chi connectivity index (χ1n) is 5.96. The van der Waals surface area contributed by atoms with Crippen molar-refractivity contribution in [3.8, 4) is 0 Å². The van der Waals surface area contributed by atoms with Gasteiger partial charge in [0.15, 0.2) is 0 Å². The molecule has 0 aliphatic heterocycles. The maximum atomic E-state index is 10.7. The molecule has 0 spiro atoms. The average molecular weight is 250 g/mol. The monoisotopic (exact) mass is 249 g/mol. The van der Waals surface area contributed by atoms with Crippen LogP contribution in [0.25, 0.3) is 0 Å². The Balaban J connectivity index is 2.65. The van der Waals surface area contributed by atoms with Crippen molar-refractivity contribution >= 4 is 17.7 Å². The summed E-state index contributed by atoms with van der Waals surface area (Å²) < 4.78 is 0. The quantitative estimate of drug-likeness (QED) is 0.574. The van der Waals surface area contributed by atoms with Crippen LogP contribution in [0.3, 0.4) is 0 Å². The van der Waals surface area contributed by atoms with Crippen LogP contribution >= 0.6 is 11.6 Å². The molecule has 1 aromatic rings. The van der Waals surface area contributed by atoms with Crippen LogP contribution < -0.4 is 0 Å². The lowest BCUT2D eigenvalue weighted by atomic mass is 9.83. The van der Waals surface area contributed by atoms with E-state index in [4.69, 9.17) is 11.6 Å². The van der Waals surface area contributed by atoms with E-state index in [1.165, 1.54) is 0 Å². The Morgan fingerprint density at radius 2 is 1.94 bits per heavy atom. The number of aliphatic imine (C=N–C) groups is 1. The zero-order chi connectivity index (χ0) is 12.5. The lowest BCUT2D eigenvalue weighted by Crippen LogP contribution is -2.22. The molecule has 0 unspecified atom stereocenters. The van der Waals surface area contributed by atoms with Crippen molar-refractivity contribution in [2.75, 3.05) is 0 Å². The third kappa shape index (κ3) is 2.03. The molecule has 1 aromatic carbocycles. The molecule has 1 saturated carbocycles. The van der Waals surface area contributed by atoms with E-state index in [1.807, 2.05) is 19.1 Å². The molecule has 0 N–H and O–H groups in total. The van der Waals surface area contributed by atoms with E-state index in [-0.39, 0.29) is 5.54 Å². The highest BCUT2D eigenvalue weighted by molar-refractivity contribution is 6.31. The molecule has 17 heavy (non-hydrogen) atoms. The molecule has 1 aliphatic carbocycles.